The Morgan fingerprint density at radius 3 is 2.09 bits per heavy atom. The SMILES string of the molecule is C=C1C(C(=O)c2ccc(-c3ccc(Cl)cc3)cc2)CC[C@H]1C=O. The molecule has 2 nitrogen and oxygen atoms in total. The van der Waals surface area contributed by atoms with Crippen LogP contribution < -0.4 is 0 Å². The van der Waals surface area contributed by atoms with Crippen LogP contribution in [0.4, 0.5) is 0 Å². The molecule has 0 radical (unpaired) electrons. The second-order valence-corrected chi connectivity index (χ2v) is 6.33. The summed E-state index contributed by atoms with van der Waals surface area (Å²) in [5.41, 5.74) is 3.51. The standard InChI is InChI=1S/C20H17ClO2/c1-13-17(12-22)8-11-19(13)20(23)16-4-2-14(3-5-16)15-6-9-18(21)10-7-15/h2-7,9-10,12,17,19H,1,8,11H2/t17-,19?/m0/s1. The lowest BCUT2D eigenvalue weighted by Gasteiger charge is -2.12. The Morgan fingerprint density at radius 1 is 1.00 bits per heavy atom. The first-order valence-corrected chi connectivity index (χ1v) is 8.02. The number of allylic oxidation sites excluding steroid dienone is 1. The minimum Gasteiger partial charge on any atom is -0.303 e. The van der Waals surface area contributed by atoms with Gasteiger partial charge in [-0.3, -0.25) is 4.79 Å². The van der Waals surface area contributed by atoms with Gasteiger partial charge in [0.25, 0.3) is 0 Å². The summed E-state index contributed by atoms with van der Waals surface area (Å²) in [7, 11) is 0. The third kappa shape index (κ3) is 3.13. The highest BCUT2D eigenvalue weighted by atomic mass is 35.5. The van der Waals surface area contributed by atoms with Gasteiger partial charge >= 0.3 is 0 Å². The van der Waals surface area contributed by atoms with E-state index in [0.717, 1.165) is 29.4 Å². The van der Waals surface area contributed by atoms with Gasteiger partial charge in [-0.25, -0.2) is 0 Å². The molecule has 1 aliphatic rings. The maximum absolute atomic E-state index is 12.6. The van der Waals surface area contributed by atoms with Crippen molar-refractivity contribution in [1.29, 1.82) is 0 Å². The van der Waals surface area contributed by atoms with Crippen molar-refractivity contribution < 1.29 is 9.59 Å². The molecule has 2 aromatic carbocycles. The number of Topliss-reactive ketones (excluding diaryl/α,β-unsaturated/α-hetero) is 1. The summed E-state index contributed by atoms with van der Waals surface area (Å²) in [6.45, 7) is 3.94. The quantitative estimate of drug-likeness (QED) is 0.452. The largest absolute Gasteiger partial charge is 0.303 e. The van der Waals surface area contributed by atoms with Crippen molar-refractivity contribution in [3.05, 3.63) is 71.3 Å². The molecule has 2 atom stereocenters. The molecular weight excluding hydrogens is 308 g/mol. The summed E-state index contributed by atoms with van der Waals surface area (Å²) in [6.07, 6.45) is 2.33. The van der Waals surface area contributed by atoms with Gasteiger partial charge in [0, 0.05) is 22.4 Å². The minimum atomic E-state index is -0.230. The predicted octanol–water partition coefficient (Wildman–Crippen LogP) is 4.97. The van der Waals surface area contributed by atoms with Crippen LogP contribution in [0.1, 0.15) is 23.2 Å². The minimum absolute atomic E-state index is 0.0574. The fraction of sp³-hybridized carbons (Fsp3) is 0.200. The average Bonchev–Trinajstić information content (AvgIpc) is 2.96. The maximum atomic E-state index is 12.6. The summed E-state index contributed by atoms with van der Waals surface area (Å²) in [4.78, 5) is 23.6. The van der Waals surface area contributed by atoms with E-state index >= 15 is 0 Å². The van der Waals surface area contributed by atoms with E-state index in [2.05, 4.69) is 6.58 Å². The van der Waals surface area contributed by atoms with Crippen LogP contribution in [-0.2, 0) is 4.79 Å². The van der Waals surface area contributed by atoms with Crippen LogP contribution in [0.2, 0.25) is 5.02 Å². The number of carbonyl (C=O) groups excluding carboxylic acids is 2. The van der Waals surface area contributed by atoms with Gasteiger partial charge in [-0.05, 0) is 36.1 Å². The Bertz CT molecular complexity index is 744. The molecule has 0 heterocycles. The molecular formula is C20H17ClO2. The first-order valence-electron chi connectivity index (χ1n) is 7.64. The lowest BCUT2D eigenvalue weighted by Crippen LogP contribution is -2.14. The Hall–Kier alpha value is -2.19. The van der Waals surface area contributed by atoms with Gasteiger partial charge in [-0.2, -0.15) is 0 Å². The van der Waals surface area contributed by atoms with Gasteiger partial charge in [0.15, 0.2) is 5.78 Å². The molecule has 3 rings (SSSR count). The van der Waals surface area contributed by atoms with E-state index < -0.39 is 0 Å². The van der Waals surface area contributed by atoms with Crippen molar-refractivity contribution in [3.63, 3.8) is 0 Å². The summed E-state index contributed by atoms with van der Waals surface area (Å²) >= 11 is 5.90. The fourth-order valence-corrected chi connectivity index (χ4v) is 3.23. The third-order valence-corrected chi connectivity index (χ3v) is 4.77. The Balaban J connectivity index is 1.79. The van der Waals surface area contributed by atoms with Gasteiger partial charge in [-0.1, -0.05) is 60.2 Å². The summed E-state index contributed by atoms with van der Waals surface area (Å²) < 4.78 is 0. The predicted molar refractivity (Wildman–Crippen MR) is 92.6 cm³/mol. The molecule has 23 heavy (non-hydrogen) atoms. The molecule has 1 saturated carbocycles. The van der Waals surface area contributed by atoms with Crippen molar-refractivity contribution in [1.82, 2.24) is 0 Å². The van der Waals surface area contributed by atoms with Gasteiger partial charge in [0.2, 0.25) is 0 Å². The van der Waals surface area contributed by atoms with Gasteiger partial charge < -0.3 is 4.79 Å². The number of ketones is 1. The number of hydrogen-bond donors (Lipinski definition) is 0. The van der Waals surface area contributed by atoms with E-state index in [-0.39, 0.29) is 17.6 Å². The number of benzene rings is 2. The molecule has 2 aromatic rings. The molecule has 1 unspecified atom stereocenters. The maximum Gasteiger partial charge on any atom is 0.169 e. The van der Waals surface area contributed by atoms with Crippen LogP contribution in [0.3, 0.4) is 0 Å². The first kappa shape index (κ1) is 15.7. The lowest BCUT2D eigenvalue weighted by molar-refractivity contribution is -0.110. The number of rotatable bonds is 4. The van der Waals surface area contributed by atoms with Crippen LogP contribution >= 0.6 is 11.6 Å². The normalized spacial score (nSPS) is 20.5. The zero-order valence-electron chi connectivity index (χ0n) is 12.7. The number of halogens is 1. The Labute approximate surface area is 140 Å². The fourth-order valence-electron chi connectivity index (χ4n) is 3.10. The summed E-state index contributed by atoms with van der Waals surface area (Å²) in [5.74, 6) is -0.342. The van der Waals surface area contributed by atoms with Crippen molar-refractivity contribution in [2.45, 2.75) is 12.8 Å². The molecule has 0 saturated heterocycles. The zero-order valence-corrected chi connectivity index (χ0v) is 13.4. The van der Waals surface area contributed by atoms with Crippen LogP contribution in [0, 0.1) is 11.8 Å². The molecule has 0 N–H and O–H groups in total. The Kier molecular flexibility index (Phi) is 4.44. The third-order valence-electron chi connectivity index (χ3n) is 4.52. The molecule has 3 heteroatoms. The number of aldehydes is 1. The van der Waals surface area contributed by atoms with Crippen molar-refractivity contribution in [2.75, 3.05) is 0 Å². The van der Waals surface area contributed by atoms with Crippen molar-refractivity contribution >= 4 is 23.7 Å². The molecule has 116 valence electrons. The highest BCUT2D eigenvalue weighted by Crippen LogP contribution is 2.36. The first-order chi connectivity index (χ1) is 11.1. The van der Waals surface area contributed by atoms with Crippen LogP contribution in [0.25, 0.3) is 11.1 Å². The molecule has 0 aromatic heterocycles. The second-order valence-electron chi connectivity index (χ2n) is 5.90. The summed E-state index contributed by atoms with van der Waals surface area (Å²) in [5, 5.41) is 0.699. The molecule has 0 amide bonds. The van der Waals surface area contributed by atoms with Crippen molar-refractivity contribution in [3.8, 4) is 11.1 Å². The second kappa shape index (κ2) is 6.51. The monoisotopic (exact) mass is 324 g/mol. The van der Waals surface area contributed by atoms with E-state index in [9.17, 15) is 9.59 Å². The van der Waals surface area contributed by atoms with Crippen molar-refractivity contribution in [2.24, 2.45) is 11.8 Å². The highest BCUT2D eigenvalue weighted by Gasteiger charge is 2.33. The molecule has 0 aliphatic heterocycles. The molecule has 1 aliphatic carbocycles. The Morgan fingerprint density at radius 2 is 1.57 bits per heavy atom. The molecule has 0 spiro atoms. The summed E-state index contributed by atoms with van der Waals surface area (Å²) in [6, 6.07) is 15.1. The van der Waals surface area contributed by atoms with E-state index in [0.29, 0.717) is 17.0 Å². The highest BCUT2D eigenvalue weighted by molar-refractivity contribution is 6.30. The van der Waals surface area contributed by atoms with E-state index in [1.165, 1.54) is 0 Å². The van der Waals surface area contributed by atoms with Crippen LogP contribution in [0.5, 0.6) is 0 Å². The molecule has 0 bridgehead atoms. The van der Waals surface area contributed by atoms with Gasteiger partial charge in [-0.15, -0.1) is 0 Å². The van der Waals surface area contributed by atoms with Crippen LogP contribution in [0.15, 0.2) is 60.7 Å². The van der Waals surface area contributed by atoms with E-state index in [4.69, 9.17) is 11.6 Å². The molecule has 1 fully saturated rings. The number of hydrogen-bond acceptors (Lipinski definition) is 2. The number of carbonyl (C=O) groups is 2. The van der Waals surface area contributed by atoms with E-state index in [1.807, 2.05) is 48.5 Å². The smallest absolute Gasteiger partial charge is 0.169 e. The lowest BCUT2D eigenvalue weighted by atomic mass is 9.91. The van der Waals surface area contributed by atoms with Gasteiger partial charge in [0.1, 0.15) is 6.29 Å². The average molecular weight is 325 g/mol. The van der Waals surface area contributed by atoms with Gasteiger partial charge in [0.05, 0.1) is 0 Å². The topological polar surface area (TPSA) is 34.1 Å². The van der Waals surface area contributed by atoms with Crippen LogP contribution in [-0.4, -0.2) is 12.1 Å². The van der Waals surface area contributed by atoms with E-state index in [1.54, 1.807) is 0 Å². The zero-order chi connectivity index (χ0) is 16.4.